The Hall–Kier alpha value is -0.870. The molecule has 0 spiro atoms. The van der Waals surface area contributed by atoms with Crippen LogP contribution in [-0.2, 0) is 6.54 Å². The first-order chi connectivity index (χ1) is 7.40. The maximum atomic E-state index is 9.16. The van der Waals surface area contributed by atoms with Crippen molar-refractivity contribution >= 4 is 0 Å². The van der Waals surface area contributed by atoms with Crippen LogP contribution in [0.15, 0.2) is 18.5 Å². The minimum absolute atomic E-state index is 0.319. The molecule has 2 N–H and O–H groups in total. The third kappa shape index (κ3) is 2.79. The van der Waals surface area contributed by atoms with Crippen LogP contribution in [0.2, 0.25) is 0 Å². The molecule has 84 valence electrons. The first kappa shape index (κ1) is 10.6. The summed E-state index contributed by atoms with van der Waals surface area (Å²) in [5.41, 5.74) is 0. The number of nitrogens with zero attached hydrogens (tertiary/aromatic N) is 2. The molecule has 1 aliphatic rings. The fraction of sp³-hybridized carbons (Fsp3) is 0.727. The van der Waals surface area contributed by atoms with Crippen molar-refractivity contribution in [3.8, 4) is 0 Å². The quantitative estimate of drug-likeness (QED) is 0.748. The number of hydrogen-bond donors (Lipinski definition) is 2. The van der Waals surface area contributed by atoms with Gasteiger partial charge in [0.25, 0.3) is 0 Å². The van der Waals surface area contributed by atoms with E-state index in [0.717, 1.165) is 19.5 Å². The Morgan fingerprint density at radius 3 is 3.13 bits per heavy atom. The average Bonchev–Trinajstić information content (AvgIpc) is 2.88. The summed E-state index contributed by atoms with van der Waals surface area (Å²) in [5, 5.41) is 16.8. The molecule has 2 rings (SSSR count). The van der Waals surface area contributed by atoms with Gasteiger partial charge >= 0.3 is 0 Å². The highest BCUT2D eigenvalue weighted by Crippen LogP contribution is 2.24. The minimum Gasteiger partial charge on any atom is -0.396 e. The Bertz CT molecular complexity index is 273. The lowest BCUT2D eigenvalue weighted by Crippen LogP contribution is -2.36. The van der Waals surface area contributed by atoms with Gasteiger partial charge in [0.05, 0.1) is 6.54 Å². The van der Waals surface area contributed by atoms with E-state index in [-0.39, 0.29) is 0 Å². The number of aliphatic hydroxyl groups excluding tert-OH is 1. The topological polar surface area (TPSA) is 50.1 Å². The van der Waals surface area contributed by atoms with Crippen LogP contribution < -0.4 is 5.32 Å². The van der Waals surface area contributed by atoms with E-state index >= 15 is 0 Å². The highest BCUT2D eigenvalue weighted by atomic mass is 16.3. The molecule has 1 saturated carbocycles. The molecule has 0 radical (unpaired) electrons. The van der Waals surface area contributed by atoms with E-state index in [2.05, 4.69) is 10.4 Å². The van der Waals surface area contributed by atoms with Crippen molar-refractivity contribution in [2.75, 3.05) is 13.2 Å². The molecule has 4 nitrogen and oxygen atoms in total. The maximum absolute atomic E-state index is 9.16. The molecule has 0 saturated heterocycles. The molecule has 1 aromatic heterocycles. The Kier molecular flexibility index (Phi) is 3.75. The van der Waals surface area contributed by atoms with Crippen LogP contribution in [0.5, 0.6) is 0 Å². The Labute approximate surface area is 90.3 Å². The lowest BCUT2D eigenvalue weighted by molar-refractivity contribution is 0.205. The van der Waals surface area contributed by atoms with Crippen LogP contribution in [0.4, 0.5) is 0 Å². The predicted molar refractivity (Wildman–Crippen MR) is 58.4 cm³/mol. The van der Waals surface area contributed by atoms with Gasteiger partial charge in [-0.3, -0.25) is 4.68 Å². The average molecular weight is 209 g/mol. The van der Waals surface area contributed by atoms with Gasteiger partial charge in [-0.2, -0.15) is 5.10 Å². The second-order valence-electron chi connectivity index (χ2n) is 4.20. The fourth-order valence-electron chi connectivity index (χ4n) is 2.32. The van der Waals surface area contributed by atoms with Gasteiger partial charge in [-0.15, -0.1) is 0 Å². The summed E-state index contributed by atoms with van der Waals surface area (Å²) in [4.78, 5) is 0. The van der Waals surface area contributed by atoms with E-state index in [1.165, 1.54) is 12.8 Å². The number of aromatic nitrogens is 2. The molecular weight excluding hydrogens is 190 g/mol. The van der Waals surface area contributed by atoms with Gasteiger partial charge in [-0.25, -0.2) is 0 Å². The molecule has 1 aliphatic carbocycles. The van der Waals surface area contributed by atoms with E-state index in [0.29, 0.717) is 18.6 Å². The third-order valence-corrected chi connectivity index (χ3v) is 3.20. The zero-order chi connectivity index (χ0) is 10.5. The number of aliphatic hydroxyl groups is 1. The Morgan fingerprint density at radius 2 is 2.40 bits per heavy atom. The van der Waals surface area contributed by atoms with Crippen molar-refractivity contribution in [1.82, 2.24) is 15.1 Å². The lowest BCUT2D eigenvalue weighted by atomic mass is 10.1. The van der Waals surface area contributed by atoms with Crippen molar-refractivity contribution in [1.29, 1.82) is 0 Å². The molecule has 1 heterocycles. The minimum atomic E-state index is 0.319. The smallest absolute Gasteiger partial charge is 0.0534 e. The normalized spacial score (nSPS) is 25.9. The van der Waals surface area contributed by atoms with Crippen LogP contribution in [0.25, 0.3) is 0 Å². The van der Waals surface area contributed by atoms with Crippen LogP contribution in [-0.4, -0.2) is 34.1 Å². The molecule has 0 bridgehead atoms. The van der Waals surface area contributed by atoms with Crippen LogP contribution in [0.3, 0.4) is 0 Å². The van der Waals surface area contributed by atoms with Gasteiger partial charge in [0, 0.05) is 31.6 Å². The summed E-state index contributed by atoms with van der Waals surface area (Å²) in [6.45, 7) is 2.16. The van der Waals surface area contributed by atoms with Gasteiger partial charge in [-0.05, 0) is 24.8 Å². The van der Waals surface area contributed by atoms with E-state index in [9.17, 15) is 0 Å². The van der Waals surface area contributed by atoms with Crippen molar-refractivity contribution in [2.24, 2.45) is 5.92 Å². The fourth-order valence-corrected chi connectivity index (χ4v) is 2.32. The lowest BCUT2D eigenvalue weighted by Gasteiger charge is -2.18. The molecular formula is C11H19N3O. The van der Waals surface area contributed by atoms with Crippen molar-refractivity contribution < 1.29 is 5.11 Å². The third-order valence-electron chi connectivity index (χ3n) is 3.20. The number of hydrogen-bond acceptors (Lipinski definition) is 3. The maximum Gasteiger partial charge on any atom is 0.0534 e. The van der Waals surface area contributed by atoms with Gasteiger partial charge in [-0.1, -0.05) is 6.42 Å². The first-order valence-electron chi connectivity index (χ1n) is 5.72. The summed E-state index contributed by atoms with van der Waals surface area (Å²) in [7, 11) is 0. The molecule has 0 amide bonds. The molecule has 0 aliphatic heterocycles. The summed E-state index contributed by atoms with van der Waals surface area (Å²) >= 11 is 0. The van der Waals surface area contributed by atoms with E-state index in [4.69, 9.17) is 5.11 Å². The molecule has 1 aromatic rings. The van der Waals surface area contributed by atoms with Gasteiger partial charge in [0.1, 0.15) is 0 Å². The SMILES string of the molecule is OCC1CCCC1NCCn1cccn1. The second kappa shape index (κ2) is 5.28. The van der Waals surface area contributed by atoms with Gasteiger partial charge < -0.3 is 10.4 Å². The first-order valence-corrected chi connectivity index (χ1v) is 5.72. The van der Waals surface area contributed by atoms with E-state index in [1.807, 2.05) is 16.9 Å². The highest BCUT2D eigenvalue weighted by molar-refractivity contribution is 4.83. The largest absolute Gasteiger partial charge is 0.396 e. The standard InChI is InChI=1S/C11H19N3O/c15-9-10-3-1-4-11(10)12-6-8-14-7-2-5-13-14/h2,5,7,10-12,15H,1,3-4,6,8-9H2. The summed E-state index contributed by atoms with van der Waals surface area (Å²) in [5.74, 6) is 0.461. The van der Waals surface area contributed by atoms with Crippen molar-refractivity contribution in [2.45, 2.75) is 31.8 Å². The van der Waals surface area contributed by atoms with Gasteiger partial charge in [0.15, 0.2) is 0 Å². The van der Waals surface area contributed by atoms with Crippen LogP contribution in [0, 0.1) is 5.92 Å². The number of nitrogens with one attached hydrogen (secondary N) is 1. The van der Waals surface area contributed by atoms with Crippen molar-refractivity contribution in [3.63, 3.8) is 0 Å². The molecule has 1 fully saturated rings. The van der Waals surface area contributed by atoms with E-state index in [1.54, 1.807) is 6.20 Å². The van der Waals surface area contributed by atoms with Crippen LogP contribution >= 0.6 is 0 Å². The van der Waals surface area contributed by atoms with Crippen molar-refractivity contribution in [3.05, 3.63) is 18.5 Å². The summed E-state index contributed by atoms with van der Waals surface area (Å²) in [6.07, 6.45) is 7.37. The molecule has 0 aromatic carbocycles. The monoisotopic (exact) mass is 209 g/mol. The van der Waals surface area contributed by atoms with E-state index < -0.39 is 0 Å². The van der Waals surface area contributed by atoms with Crippen LogP contribution in [0.1, 0.15) is 19.3 Å². The predicted octanol–water partition coefficient (Wildman–Crippen LogP) is 0.634. The molecule has 2 atom stereocenters. The summed E-state index contributed by atoms with van der Waals surface area (Å²) < 4.78 is 1.93. The molecule has 4 heteroatoms. The summed E-state index contributed by atoms with van der Waals surface area (Å²) in [6, 6.07) is 2.44. The molecule has 15 heavy (non-hydrogen) atoms. The zero-order valence-corrected chi connectivity index (χ0v) is 8.97. The zero-order valence-electron chi connectivity index (χ0n) is 8.97. The van der Waals surface area contributed by atoms with Gasteiger partial charge in [0.2, 0.25) is 0 Å². The number of rotatable bonds is 5. The second-order valence-corrected chi connectivity index (χ2v) is 4.20. The Balaban J connectivity index is 1.69. The molecule has 2 unspecified atom stereocenters. The highest BCUT2D eigenvalue weighted by Gasteiger charge is 2.25. The Morgan fingerprint density at radius 1 is 1.47 bits per heavy atom.